The van der Waals surface area contributed by atoms with E-state index in [0.717, 1.165) is 11.7 Å². The molecule has 5 nitrogen and oxygen atoms in total. The van der Waals surface area contributed by atoms with E-state index in [9.17, 15) is 4.39 Å². The van der Waals surface area contributed by atoms with E-state index in [4.69, 9.17) is 4.74 Å². The number of pyridine rings is 1. The number of halogens is 2. The van der Waals surface area contributed by atoms with Crippen LogP contribution in [0.3, 0.4) is 0 Å². The van der Waals surface area contributed by atoms with Crippen LogP contribution in [-0.2, 0) is 6.54 Å². The molecule has 0 atom stereocenters. The minimum absolute atomic E-state index is 0. The Morgan fingerprint density at radius 3 is 2.62 bits per heavy atom. The lowest BCUT2D eigenvalue weighted by molar-refractivity contribution is 0.478. The maximum absolute atomic E-state index is 13.0. The van der Waals surface area contributed by atoms with Crippen molar-refractivity contribution in [1.29, 1.82) is 0 Å². The van der Waals surface area contributed by atoms with Crippen LogP contribution < -0.4 is 15.4 Å². The Balaban J connectivity index is 0.00000243. The topological polar surface area (TPSA) is 58.5 Å². The Labute approximate surface area is 170 Å². The lowest BCUT2D eigenvalue weighted by Gasteiger charge is -2.16. The monoisotopic (exact) mass is 470 g/mol. The number of nitrogens with zero attached hydrogens (tertiary/aromatic N) is 2. The van der Waals surface area contributed by atoms with Crippen molar-refractivity contribution in [3.8, 4) is 11.5 Å². The highest BCUT2D eigenvalue weighted by atomic mass is 127. The van der Waals surface area contributed by atoms with E-state index in [2.05, 4.69) is 20.6 Å². The summed E-state index contributed by atoms with van der Waals surface area (Å²) in [5.41, 5.74) is 0.842. The molecule has 1 aliphatic carbocycles. The lowest BCUT2D eigenvalue weighted by Crippen LogP contribution is -2.42. The van der Waals surface area contributed by atoms with Crippen molar-refractivity contribution < 1.29 is 9.13 Å². The quantitative estimate of drug-likeness (QED) is 0.390. The van der Waals surface area contributed by atoms with Gasteiger partial charge in [0.25, 0.3) is 0 Å². The summed E-state index contributed by atoms with van der Waals surface area (Å²) >= 11 is 0. The van der Waals surface area contributed by atoms with Crippen LogP contribution in [0.1, 0.15) is 31.4 Å². The summed E-state index contributed by atoms with van der Waals surface area (Å²) in [4.78, 5) is 8.61. The predicted molar refractivity (Wildman–Crippen MR) is 112 cm³/mol. The van der Waals surface area contributed by atoms with E-state index in [1.54, 1.807) is 31.4 Å². The molecule has 0 saturated heterocycles. The van der Waals surface area contributed by atoms with E-state index in [0.29, 0.717) is 24.1 Å². The van der Waals surface area contributed by atoms with Gasteiger partial charge < -0.3 is 15.4 Å². The number of aromatic nitrogens is 1. The minimum atomic E-state index is -0.284. The van der Waals surface area contributed by atoms with E-state index in [1.807, 2.05) is 6.07 Å². The van der Waals surface area contributed by atoms with Gasteiger partial charge in [-0.15, -0.1) is 24.0 Å². The number of aliphatic imine (C=N–C) groups is 1. The van der Waals surface area contributed by atoms with Gasteiger partial charge in [-0.25, -0.2) is 4.39 Å². The first-order chi connectivity index (χ1) is 12.2. The summed E-state index contributed by atoms with van der Waals surface area (Å²) in [6.45, 7) is 0.549. The molecule has 1 fully saturated rings. The van der Waals surface area contributed by atoms with Crippen LogP contribution in [0.5, 0.6) is 11.5 Å². The molecule has 0 aliphatic heterocycles. The fourth-order valence-electron chi connectivity index (χ4n) is 2.89. The third-order valence-corrected chi connectivity index (χ3v) is 4.19. The first-order valence-electron chi connectivity index (χ1n) is 8.58. The molecule has 0 bridgehead atoms. The molecule has 1 heterocycles. The third kappa shape index (κ3) is 6.12. The fourth-order valence-corrected chi connectivity index (χ4v) is 2.89. The number of rotatable bonds is 5. The fraction of sp³-hybridized carbons (Fsp3) is 0.368. The Bertz CT molecular complexity index is 718. The molecule has 0 amide bonds. The average molecular weight is 470 g/mol. The van der Waals surface area contributed by atoms with Gasteiger partial charge in [-0.1, -0.05) is 12.8 Å². The van der Waals surface area contributed by atoms with Crippen molar-refractivity contribution in [2.75, 3.05) is 7.05 Å². The van der Waals surface area contributed by atoms with Crippen LogP contribution >= 0.6 is 24.0 Å². The van der Waals surface area contributed by atoms with Crippen LogP contribution in [0.4, 0.5) is 4.39 Å². The Morgan fingerprint density at radius 2 is 1.92 bits per heavy atom. The van der Waals surface area contributed by atoms with Gasteiger partial charge in [-0.3, -0.25) is 9.98 Å². The highest BCUT2D eigenvalue weighted by Crippen LogP contribution is 2.21. The number of ether oxygens (including phenoxy) is 1. The standard InChI is InChI=1S/C19H23FN4O.HI/c1-21-19(24-15-4-2-3-5-15)23-13-16-12-18(10-11-22-16)25-17-8-6-14(20)7-9-17;/h6-12,15H,2-5,13H2,1H3,(H2,21,23,24);1H. The van der Waals surface area contributed by atoms with Gasteiger partial charge in [-0.05, 0) is 43.2 Å². The summed E-state index contributed by atoms with van der Waals surface area (Å²) < 4.78 is 18.7. The molecule has 0 unspecified atom stereocenters. The van der Waals surface area contributed by atoms with E-state index in [-0.39, 0.29) is 29.8 Å². The molecule has 1 aromatic carbocycles. The van der Waals surface area contributed by atoms with Crippen LogP contribution in [0.15, 0.2) is 47.6 Å². The molecular formula is C19H24FIN4O. The smallest absolute Gasteiger partial charge is 0.191 e. The largest absolute Gasteiger partial charge is 0.457 e. The molecule has 140 valence electrons. The molecule has 26 heavy (non-hydrogen) atoms. The number of guanidine groups is 1. The van der Waals surface area contributed by atoms with Gasteiger partial charge in [0.05, 0.1) is 12.2 Å². The first kappa shape index (κ1) is 20.4. The number of benzene rings is 1. The Hall–Kier alpha value is -1.90. The zero-order chi connectivity index (χ0) is 17.5. The van der Waals surface area contributed by atoms with Crippen LogP contribution in [0.2, 0.25) is 0 Å². The van der Waals surface area contributed by atoms with E-state index < -0.39 is 0 Å². The molecular weight excluding hydrogens is 446 g/mol. The second kappa shape index (κ2) is 10.3. The maximum Gasteiger partial charge on any atom is 0.191 e. The molecule has 2 N–H and O–H groups in total. The van der Waals surface area contributed by atoms with Gasteiger partial charge in [-0.2, -0.15) is 0 Å². The van der Waals surface area contributed by atoms with E-state index in [1.165, 1.54) is 37.8 Å². The predicted octanol–water partition coefficient (Wildman–Crippen LogP) is 4.24. The zero-order valence-electron chi connectivity index (χ0n) is 14.7. The second-order valence-electron chi connectivity index (χ2n) is 6.09. The summed E-state index contributed by atoms with van der Waals surface area (Å²) in [6.07, 6.45) is 6.64. The molecule has 2 aromatic rings. The summed E-state index contributed by atoms with van der Waals surface area (Å²) in [5, 5.41) is 6.72. The van der Waals surface area contributed by atoms with Crippen molar-refractivity contribution in [3.05, 3.63) is 54.1 Å². The Kier molecular flexibility index (Phi) is 8.08. The average Bonchev–Trinajstić information content (AvgIpc) is 3.14. The molecule has 1 aromatic heterocycles. The highest BCUT2D eigenvalue weighted by molar-refractivity contribution is 14.0. The number of nitrogens with one attached hydrogen (secondary N) is 2. The van der Waals surface area contributed by atoms with Crippen molar-refractivity contribution >= 4 is 29.9 Å². The van der Waals surface area contributed by atoms with E-state index >= 15 is 0 Å². The first-order valence-corrected chi connectivity index (χ1v) is 8.58. The molecule has 0 spiro atoms. The normalized spacial score (nSPS) is 14.6. The SMILES string of the molecule is CN=C(NCc1cc(Oc2ccc(F)cc2)ccn1)NC1CCCC1.I. The van der Waals surface area contributed by atoms with Gasteiger partial charge in [0.15, 0.2) is 5.96 Å². The molecule has 0 radical (unpaired) electrons. The maximum atomic E-state index is 13.0. The highest BCUT2D eigenvalue weighted by Gasteiger charge is 2.15. The van der Waals surface area contributed by atoms with Crippen LogP contribution in [0.25, 0.3) is 0 Å². The molecule has 7 heteroatoms. The van der Waals surface area contributed by atoms with Crippen molar-refractivity contribution in [2.24, 2.45) is 4.99 Å². The van der Waals surface area contributed by atoms with Crippen LogP contribution in [0, 0.1) is 5.82 Å². The summed E-state index contributed by atoms with van der Waals surface area (Å²) in [6, 6.07) is 10.1. The van der Waals surface area contributed by atoms with Crippen molar-refractivity contribution in [3.63, 3.8) is 0 Å². The lowest BCUT2D eigenvalue weighted by atomic mass is 10.2. The molecule has 3 rings (SSSR count). The Morgan fingerprint density at radius 1 is 1.19 bits per heavy atom. The number of hydrogen-bond donors (Lipinski definition) is 2. The van der Waals surface area contributed by atoms with Gasteiger partial charge in [0.1, 0.15) is 17.3 Å². The zero-order valence-corrected chi connectivity index (χ0v) is 17.1. The van der Waals surface area contributed by atoms with Crippen molar-refractivity contribution in [1.82, 2.24) is 15.6 Å². The van der Waals surface area contributed by atoms with Gasteiger partial charge in [0.2, 0.25) is 0 Å². The third-order valence-electron chi connectivity index (χ3n) is 4.19. The van der Waals surface area contributed by atoms with Gasteiger partial charge >= 0.3 is 0 Å². The molecule has 1 aliphatic rings. The van der Waals surface area contributed by atoms with Gasteiger partial charge in [0, 0.05) is 25.4 Å². The second-order valence-corrected chi connectivity index (χ2v) is 6.09. The molecule has 1 saturated carbocycles. The van der Waals surface area contributed by atoms with Crippen LogP contribution in [-0.4, -0.2) is 24.0 Å². The summed E-state index contributed by atoms with van der Waals surface area (Å²) in [7, 11) is 1.77. The summed E-state index contributed by atoms with van der Waals surface area (Å²) in [5.74, 6) is 1.76. The minimum Gasteiger partial charge on any atom is -0.457 e. The number of hydrogen-bond acceptors (Lipinski definition) is 3. The van der Waals surface area contributed by atoms with Crippen molar-refractivity contribution in [2.45, 2.75) is 38.3 Å².